The van der Waals surface area contributed by atoms with Gasteiger partial charge in [0, 0.05) is 10.9 Å². The van der Waals surface area contributed by atoms with Crippen LogP contribution in [0.1, 0.15) is 17.5 Å². The fourth-order valence-corrected chi connectivity index (χ4v) is 1.88. The molecule has 0 bridgehead atoms. The van der Waals surface area contributed by atoms with E-state index in [0.29, 0.717) is 0 Å². The van der Waals surface area contributed by atoms with Gasteiger partial charge in [-0.2, -0.15) is 0 Å². The van der Waals surface area contributed by atoms with Crippen LogP contribution in [0, 0.1) is 12.7 Å². The van der Waals surface area contributed by atoms with Crippen molar-refractivity contribution in [3.05, 3.63) is 34.3 Å². The highest BCUT2D eigenvalue weighted by Crippen LogP contribution is 2.37. The number of benzene rings is 1. The minimum absolute atomic E-state index is 0. The molecule has 0 aliphatic heterocycles. The van der Waals surface area contributed by atoms with Gasteiger partial charge in [0.15, 0.2) is 5.58 Å². The smallest absolute Gasteiger partial charge is 0.276 e. The van der Waals surface area contributed by atoms with Crippen LogP contribution in [0.2, 0.25) is 5.02 Å². The molecular weight excluding hydrogens is 274 g/mol. The predicted octanol–water partition coefficient (Wildman–Crippen LogP) is 4.97. The van der Waals surface area contributed by atoms with Gasteiger partial charge in [-0.3, -0.25) is 0 Å². The normalized spacial score (nSPS) is 12.8. The highest BCUT2D eigenvalue weighted by molar-refractivity contribution is 6.34. The van der Waals surface area contributed by atoms with Gasteiger partial charge in [-0.15, -0.1) is 0 Å². The number of hydrogen-bond donors (Lipinski definition) is 1. The third-order valence-corrected chi connectivity index (χ3v) is 2.75. The van der Waals surface area contributed by atoms with E-state index in [-0.39, 0.29) is 27.7 Å². The highest BCUT2D eigenvalue weighted by atomic mass is 35.5. The second kappa shape index (κ2) is 5.16. The molecule has 3 N–H and O–H groups in total. The molecule has 100 valence electrons. The Kier molecular flexibility index (Phi) is 4.24. The molecule has 1 aromatic heterocycles. The van der Waals surface area contributed by atoms with Gasteiger partial charge in [0.1, 0.15) is 11.6 Å². The van der Waals surface area contributed by atoms with E-state index in [1.165, 1.54) is 6.92 Å². The van der Waals surface area contributed by atoms with Gasteiger partial charge in [-0.05, 0) is 19.1 Å². The Hall–Kier alpha value is -1.27. The van der Waals surface area contributed by atoms with Gasteiger partial charge in [-0.1, -0.05) is 11.6 Å². The van der Waals surface area contributed by atoms with Crippen LogP contribution in [0.15, 0.2) is 16.5 Å². The van der Waals surface area contributed by atoms with Gasteiger partial charge in [0.25, 0.3) is 6.43 Å². The van der Waals surface area contributed by atoms with E-state index >= 15 is 0 Å². The Morgan fingerprint density at radius 1 is 1.22 bits per heavy atom. The summed E-state index contributed by atoms with van der Waals surface area (Å²) in [7, 11) is 0. The van der Waals surface area contributed by atoms with Crippen LogP contribution < -0.4 is 6.15 Å². The summed E-state index contributed by atoms with van der Waals surface area (Å²) in [6.07, 6.45) is -5.74. The molecule has 1 atom stereocenters. The van der Waals surface area contributed by atoms with Gasteiger partial charge < -0.3 is 10.6 Å². The first kappa shape index (κ1) is 14.8. The number of hydrogen-bond acceptors (Lipinski definition) is 2. The summed E-state index contributed by atoms with van der Waals surface area (Å²) in [6, 6.07) is 2.05. The lowest BCUT2D eigenvalue weighted by Gasteiger charge is -2.03. The molecule has 2 rings (SSSR count). The van der Waals surface area contributed by atoms with E-state index in [1.807, 2.05) is 0 Å². The summed E-state index contributed by atoms with van der Waals surface area (Å²) in [5.41, 5.74) is 0.151. The van der Waals surface area contributed by atoms with Crippen molar-refractivity contribution in [3.8, 4) is 0 Å². The zero-order valence-electron chi connectivity index (χ0n) is 9.31. The molecule has 2 nitrogen and oxygen atoms in total. The van der Waals surface area contributed by atoms with Crippen molar-refractivity contribution in [1.29, 1.82) is 0 Å². The quantitative estimate of drug-likeness (QED) is 0.791. The van der Waals surface area contributed by atoms with Crippen LogP contribution >= 0.6 is 11.6 Å². The molecule has 2 aromatic rings. The van der Waals surface area contributed by atoms with Gasteiger partial charge in [-0.25, -0.2) is 17.6 Å². The summed E-state index contributed by atoms with van der Waals surface area (Å²) in [4.78, 5) is 0. The first-order valence-corrected chi connectivity index (χ1v) is 5.10. The van der Waals surface area contributed by atoms with E-state index < -0.39 is 24.2 Å². The summed E-state index contributed by atoms with van der Waals surface area (Å²) in [5, 5.41) is 0.129. The fraction of sp³-hybridized carbons (Fsp3) is 0.273. The summed E-state index contributed by atoms with van der Waals surface area (Å²) >= 11 is 5.69. The average Bonchev–Trinajstić information content (AvgIpc) is 2.56. The van der Waals surface area contributed by atoms with Gasteiger partial charge in [0.05, 0.1) is 5.02 Å². The summed E-state index contributed by atoms with van der Waals surface area (Å²) < 4.78 is 55.8. The van der Waals surface area contributed by atoms with Crippen LogP contribution in [0.4, 0.5) is 17.6 Å². The molecule has 0 saturated carbocycles. The van der Waals surface area contributed by atoms with Crippen molar-refractivity contribution in [1.82, 2.24) is 6.15 Å². The van der Waals surface area contributed by atoms with Crippen molar-refractivity contribution >= 4 is 22.6 Å². The SMILES string of the molecule is Cc1c(C(F)C(F)F)oc2c(Cl)cc(F)cc12.N. The first-order chi connectivity index (χ1) is 7.91. The number of aryl methyl sites for hydroxylation is 1. The molecule has 7 heteroatoms. The van der Waals surface area contributed by atoms with E-state index in [2.05, 4.69) is 0 Å². The molecule has 0 aliphatic rings. The summed E-state index contributed by atoms with van der Waals surface area (Å²) in [5.74, 6) is -1.15. The Morgan fingerprint density at radius 2 is 1.83 bits per heavy atom. The Balaban J connectivity index is 0.00000162. The van der Waals surface area contributed by atoms with Crippen molar-refractivity contribution in [2.45, 2.75) is 19.5 Å². The lowest BCUT2D eigenvalue weighted by molar-refractivity contribution is 0.0381. The zero-order valence-corrected chi connectivity index (χ0v) is 10.1. The maximum Gasteiger partial charge on any atom is 0.276 e. The lowest BCUT2D eigenvalue weighted by Crippen LogP contribution is -2.02. The number of fused-ring (bicyclic) bond motifs is 1. The van der Waals surface area contributed by atoms with E-state index in [1.54, 1.807) is 0 Å². The fourth-order valence-electron chi connectivity index (χ4n) is 1.64. The third kappa shape index (κ3) is 2.30. The molecule has 0 aliphatic carbocycles. The topological polar surface area (TPSA) is 48.1 Å². The van der Waals surface area contributed by atoms with Gasteiger partial charge >= 0.3 is 0 Å². The second-order valence-corrected chi connectivity index (χ2v) is 4.00. The molecule has 0 fully saturated rings. The largest absolute Gasteiger partial charge is 0.456 e. The van der Waals surface area contributed by atoms with E-state index in [0.717, 1.165) is 12.1 Å². The Labute approximate surface area is 105 Å². The van der Waals surface area contributed by atoms with Crippen LogP contribution in [0.5, 0.6) is 0 Å². The average molecular weight is 284 g/mol. The Bertz CT molecular complexity index is 570. The number of furan rings is 1. The monoisotopic (exact) mass is 283 g/mol. The molecule has 0 saturated heterocycles. The van der Waals surface area contributed by atoms with Crippen molar-refractivity contribution in [2.75, 3.05) is 0 Å². The van der Waals surface area contributed by atoms with Crippen molar-refractivity contribution in [3.63, 3.8) is 0 Å². The predicted molar refractivity (Wildman–Crippen MR) is 60.8 cm³/mol. The highest BCUT2D eigenvalue weighted by Gasteiger charge is 2.28. The van der Waals surface area contributed by atoms with Crippen molar-refractivity contribution < 1.29 is 22.0 Å². The molecule has 18 heavy (non-hydrogen) atoms. The first-order valence-electron chi connectivity index (χ1n) is 4.72. The van der Waals surface area contributed by atoms with Crippen LogP contribution in [-0.2, 0) is 0 Å². The molecular formula is C11H10ClF4NO. The Morgan fingerprint density at radius 3 is 2.39 bits per heavy atom. The summed E-state index contributed by atoms with van der Waals surface area (Å²) in [6.45, 7) is 1.38. The minimum Gasteiger partial charge on any atom is -0.456 e. The molecule has 0 radical (unpaired) electrons. The maximum atomic E-state index is 13.2. The standard InChI is InChI=1S/C11H7ClF4O.H3N/c1-4-6-2-5(13)3-7(12)10(6)17-9(4)8(14)11(15)16;/h2-3,8,11H,1H3;1H3. The number of alkyl halides is 3. The maximum absolute atomic E-state index is 13.2. The van der Waals surface area contributed by atoms with Crippen LogP contribution in [-0.4, -0.2) is 6.43 Å². The molecule has 1 aromatic carbocycles. The van der Waals surface area contributed by atoms with Gasteiger partial charge in [0.2, 0.25) is 6.17 Å². The third-order valence-electron chi connectivity index (χ3n) is 2.47. The lowest BCUT2D eigenvalue weighted by atomic mass is 10.1. The van der Waals surface area contributed by atoms with Crippen LogP contribution in [0.3, 0.4) is 0 Å². The van der Waals surface area contributed by atoms with E-state index in [9.17, 15) is 17.6 Å². The number of halogens is 5. The van der Waals surface area contributed by atoms with Crippen molar-refractivity contribution in [2.24, 2.45) is 0 Å². The zero-order chi connectivity index (χ0) is 12.7. The molecule has 0 amide bonds. The van der Waals surface area contributed by atoms with Crippen LogP contribution in [0.25, 0.3) is 11.0 Å². The second-order valence-electron chi connectivity index (χ2n) is 3.59. The minimum atomic E-state index is -3.20. The molecule has 0 spiro atoms. The van der Waals surface area contributed by atoms with E-state index in [4.69, 9.17) is 16.0 Å². The molecule has 1 unspecified atom stereocenters. The number of rotatable bonds is 2. The molecule has 1 heterocycles.